The molecule has 23 heavy (non-hydrogen) atoms. The summed E-state index contributed by atoms with van der Waals surface area (Å²) < 4.78 is 1.51. The monoisotopic (exact) mass is 314 g/mol. The molecule has 0 saturated carbocycles. The van der Waals surface area contributed by atoms with Crippen LogP contribution >= 0.6 is 0 Å². The molecule has 1 amide bonds. The molecule has 2 heterocycles. The van der Waals surface area contributed by atoms with Crippen molar-refractivity contribution >= 4 is 16.8 Å². The maximum atomic E-state index is 12.5. The lowest BCUT2D eigenvalue weighted by Crippen LogP contribution is -2.45. The molecule has 1 aliphatic rings. The summed E-state index contributed by atoms with van der Waals surface area (Å²) in [5.74, 6) is -0.0186. The van der Waals surface area contributed by atoms with E-state index < -0.39 is 0 Å². The summed E-state index contributed by atoms with van der Waals surface area (Å²) in [7, 11) is 0. The van der Waals surface area contributed by atoms with E-state index in [1.54, 1.807) is 6.07 Å². The third-order valence-electron chi connectivity index (χ3n) is 4.30. The van der Waals surface area contributed by atoms with E-state index in [2.05, 4.69) is 15.6 Å². The molecule has 1 aromatic heterocycles. The number of carbonyl (C=O) groups excluding carboxylic acids is 1. The Bertz CT molecular complexity index is 763. The van der Waals surface area contributed by atoms with Gasteiger partial charge in [0.05, 0.1) is 17.2 Å². The number of rotatable bonds is 4. The molecule has 0 unspecified atom stereocenters. The molecule has 1 atom stereocenters. The summed E-state index contributed by atoms with van der Waals surface area (Å²) >= 11 is 0. The number of amides is 1. The van der Waals surface area contributed by atoms with Crippen molar-refractivity contribution in [2.24, 2.45) is 0 Å². The third-order valence-corrected chi connectivity index (χ3v) is 4.30. The van der Waals surface area contributed by atoms with Gasteiger partial charge in [-0.25, -0.2) is 4.98 Å². The van der Waals surface area contributed by atoms with Crippen LogP contribution in [0.1, 0.15) is 24.8 Å². The Morgan fingerprint density at radius 3 is 3.13 bits per heavy atom. The van der Waals surface area contributed by atoms with Crippen LogP contribution in [0, 0.1) is 6.92 Å². The Hall–Kier alpha value is -2.21. The number of carbonyl (C=O) groups is 1. The number of nitrogens with one attached hydrogen (secondary N) is 2. The molecule has 6 heteroatoms. The first kappa shape index (κ1) is 15.7. The Morgan fingerprint density at radius 2 is 2.35 bits per heavy atom. The van der Waals surface area contributed by atoms with Crippen LogP contribution < -0.4 is 16.2 Å². The second-order valence-electron chi connectivity index (χ2n) is 6.07. The van der Waals surface area contributed by atoms with Gasteiger partial charge in [0.1, 0.15) is 0 Å². The van der Waals surface area contributed by atoms with E-state index in [9.17, 15) is 9.59 Å². The smallest absolute Gasteiger partial charge is 0.261 e. The minimum atomic E-state index is -0.0918. The number of para-hydroxylation sites is 1. The summed E-state index contributed by atoms with van der Waals surface area (Å²) in [5.41, 5.74) is 1.62. The molecular formula is C17H22N4O2. The van der Waals surface area contributed by atoms with Crippen LogP contribution in [0.25, 0.3) is 10.9 Å². The lowest BCUT2D eigenvalue weighted by Gasteiger charge is -2.23. The average Bonchev–Trinajstić information content (AvgIpc) is 2.56. The van der Waals surface area contributed by atoms with Crippen molar-refractivity contribution in [1.29, 1.82) is 0 Å². The van der Waals surface area contributed by atoms with Crippen LogP contribution in [0.2, 0.25) is 0 Å². The highest BCUT2D eigenvalue weighted by atomic mass is 16.2. The summed E-state index contributed by atoms with van der Waals surface area (Å²) in [6.45, 7) is 4.12. The highest BCUT2D eigenvalue weighted by molar-refractivity contribution is 5.80. The van der Waals surface area contributed by atoms with Gasteiger partial charge in [-0.3, -0.25) is 14.2 Å². The predicted molar refractivity (Wildman–Crippen MR) is 89.4 cm³/mol. The first-order chi connectivity index (χ1) is 11.1. The topological polar surface area (TPSA) is 76.0 Å². The first-order valence-electron chi connectivity index (χ1n) is 8.10. The maximum Gasteiger partial charge on any atom is 0.261 e. The van der Waals surface area contributed by atoms with Crippen molar-refractivity contribution in [3.05, 3.63) is 40.4 Å². The van der Waals surface area contributed by atoms with Crippen molar-refractivity contribution in [3.8, 4) is 0 Å². The van der Waals surface area contributed by atoms with Crippen LogP contribution in [0.4, 0.5) is 0 Å². The SMILES string of the molecule is Cc1cccc2c(=O)n(CCC(=O)N[C@H]3CCCNC3)cnc12. The maximum absolute atomic E-state index is 12.5. The predicted octanol–water partition coefficient (Wildman–Crippen LogP) is 0.963. The van der Waals surface area contributed by atoms with Crippen molar-refractivity contribution in [2.75, 3.05) is 13.1 Å². The van der Waals surface area contributed by atoms with E-state index in [1.165, 1.54) is 10.9 Å². The molecule has 1 fully saturated rings. The van der Waals surface area contributed by atoms with Gasteiger partial charge in [0.2, 0.25) is 5.91 Å². The molecule has 0 radical (unpaired) electrons. The summed E-state index contributed by atoms with van der Waals surface area (Å²) in [4.78, 5) is 28.9. The molecule has 1 saturated heterocycles. The molecule has 6 nitrogen and oxygen atoms in total. The molecule has 1 aliphatic heterocycles. The first-order valence-corrected chi connectivity index (χ1v) is 8.10. The quantitative estimate of drug-likeness (QED) is 0.881. The summed E-state index contributed by atoms with van der Waals surface area (Å²) in [6, 6.07) is 5.77. The number of aromatic nitrogens is 2. The lowest BCUT2D eigenvalue weighted by atomic mass is 10.1. The second-order valence-corrected chi connectivity index (χ2v) is 6.07. The molecule has 0 bridgehead atoms. The number of hydrogen-bond acceptors (Lipinski definition) is 4. The zero-order valence-corrected chi connectivity index (χ0v) is 13.3. The highest BCUT2D eigenvalue weighted by Gasteiger charge is 2.15. The average molecular weight is 314 g/mol. The van der Waals surface area contributed by atoms with Crippen molar-refractivity contribution in [1.82, 2.24) is 20.2 Å². The number of aryl methyl sites for hydroxylation is 2. The minimum Gasteiger partial charge on any atom is -0.352 e. The number of nitrogens with zero attached hydrogens (tertiary/aromatic N) is 2. The number of piperidine rings is 1. The fraction of sp³-hybridized carbons (Fsp3) is 0.471. The molecule has 0 aliphatic carbocycles. The molecule has 0 spiro atoms. The number of fused-ring (bicyclic) bond motifs is 1. The summed E-state index contributed by atoms with van der Waals surface area (Å²) in [5, 5.41) is 6.89. The van der Waals surface area contributed by atoms with Crippen LogP contribution in [0.3, 0.4) is 0 Å². The van der Waals surface area contributed by atoms with Crippen LogP contribution in [0.5, 0.6) is 0 Å². The fourth-order valence-corrected chi connectivity index (χ4v) is 2.99. The zero-order chi connectivity index (χ0) is 16.2. The Balaban J connectivity index is 1.66. The molecule has 3 rings (SSSR count). The van der Waals surface area contributed by atoms with E-state index in [0.717, 1.165) is 37.0 Å². The van der Waals surface area contributed by atoms with Gasteiger partial charge < -0.3 is 10.6 Å². The summed E-state index contributed by atoms with van der Waals surface area (Å²) in [6.07, 6.45) is 3.91. The Morgan fingerprint density at radius 1 is 1.48 bits per heavy atom. The van der Waals surface area contributed by atoms with Gasteiger partial charge in [0, 0.05) is 25.6 Å². The van der Waals surface area contributed by atoms with Crippen molar-refractivity contribution < 1.29 is 4.79 Å². The van der Waals surface area contributed by atoms with E-state index in [4.69, 9.17) is 0 Å². The molecule has 2 aromatic rings. The molecule has 122 valence electrons. The Labute approximate surface area is 134 Å². The molecule has 2 N–H and O–H groups in total. The minimum absolute atomic E-state index is 0.0186. The lowest BCUT2D eigenvalue weighted by molar-refractivity contribution is -0.122. The largest absolute Gasteiger partial charge is 0.352 e. The molecule has 1 aromatic carbocycles. The number of hydrogen-bond donors (Lipinski definition) is 2. The van der Waals surface area contributed by atoms with E-state index in [0.29, 0.717) is 11.9 Å². The van der Waals surface area contributed by atoms with E-state index >= 15 is 0 Å². The fourth-order valence-electron chi connectivity index (χ4n) is 2.99. The van der Waals surface area contributed by atoms with Crippen LogP contribution in [0.15, 0.2) is 29.3 Å². The third kappa shape index (κ3) is 3.59. The van der Waals surface area contributed by atoms with Gasteiger partial charge in [-0.2, -0.15) is 0 Å². The van der Waals surface area contributed by atoms with Crippen molar-refractivity contribution in [2.45, 2.75) is 38.8 Å². The van der Waals surface area contributed by atoms with Gasteiger partial charge in [0.25, 0.3) is 5.56 Å². The Kier molecular flexibility index (Phi) is 4.71. The van der Waals surface area contributed by atoms with E-state index in [1.807, 2.05) is 19.1 Å². The highest BCUT2D eigenvalue weighted by Crippen LogP contribution is 2.11. The second kappa shape index (κ2) is 6.91. The van der Waals surface area contributed by atoms with Crippen LogP contribution in [-0.2, 0) is 11.3 Å². The normalized spacial score (nSPS) is 18.0. The van der Waals surface area contributed by atoms with Gasteiger partial charge >= 0.3 is 0 Å². The standard InChI is InChI=1S/C17H22N4O2/c1-12-4-2-6-14-16(12)19-11-21(17(14)23)9-7-15(22)20-13-5-3-8-18-10-13/h2,4,6,11,13,18H,3,5,7-10H2,1H3,(H,20,22)/t13-/m0/s1. The van der Waals surface area contributed by atoms with Gasteiger partial charge in [-0.15, -0.1) is 0 Å². The zero-order valence-electron chi connectivity index (χ0n) is 13.3. The van der Waals surface area contributed by atoms with E-state index in [-0.39, 0.29) is 23.9 Å². The molecular weight excluding hydrogens is 292 g/mol. The van der Waals surface area contributed by atoms with Gasteiger partial charge in [0.15, 0.2) is 0 Å². The number of benzene rings is 1. The van der Waals surface area contributed by atoms with Gasteiger partial charge in [-0.05, 0) is 37.9 Å². The van der Waals surface area contributed by atoms with Gasteiger partial charge in [-0.1, -0.05) is 12.1 Å². The van der Waals surface area contributed by atoms with Crippen LogP contribution in [-0.4, -0.2) is 34.6 Å². The van der Waals surface area contributed by atoms with Crippen molar-refractivity contribution in [3.63, 3.8) is 0 Å².